The van der Waals surface area contributed by atoms with Crippen molar-refractivity contribution in [3.05, 3.63) is 98.9 Å². The highest BCUT2D eigenvalue weighted by Gasteiger charge is 2.37. The summed E-state index contributed by atoms with van der Waals surface area (Å²) in [4.78, 5) is 59.6. The fourth-order valence-corrected chi connectivity index (χ4v) is 5.08. The minimum atomic E-state index is -0.976. The summed E-state index contributed by atoms with van der Waals surface area (Å²) in [5, 5.41) is 24.8. The second-order valence-electron chi connectivity index (χ2n) is 7.64. The number of hydrogen-bond acceptors (Lipinski definition) is 8. The van der Waals surface area contributed by atoms with E-state index < -0.39 is 39.1 Å². The SMILES string of the molecule is O=C1NC(=O)N(c2ccc(Cl)c(Cl)c2)C(=O)/C1=C/c1cc(Br)c(Oc2ccc([N+](=O)[O-])cc2[N+](=O)[O-])c(Br)c1. The van der Waals surface area contributed by atoms with E-state index in [4.69, 9.17) is 27.9 Å². The molecule has 0 aromatic heterocycles. The smallest absolute Gasteiger partial charge is 0.335 e. The first-order chi connectivity index (χ1) is 18.4. The lowest BCUT2D eigenvalue weighted by atomic mass is 10.1. The number of halogens is 4. The summed E-state index contributed by atoms with van der Waals surface area (Å²) in [5.74, 6) is -2.05. The Labute approximate surface area is 244 Å². The lowest BCUT2D eigenvalue weighted by Crippen LogP contribution is -2.54. The largest absolute Gasteiger partial charge is 0.448 e. The molecule has 0 saturated carbocycles. The minimum absolute atomic E-state index is 0.0705. The third-order valence-corrected chi connectivity index (χ3v) is 7.07. The molecule has 3 aromatic rings. The number of anilines is 1. The molecule has 1 heterocycles. The van der Waals surface area contributed by atoms with Crippen LogP contribution in [0.3, 0.4) is 0 Å². The third-order valence-electron chi connectivity index (χ3n) is 5.16. The average molecular weight is 701 g/mol. The van der Waals surface area contributed by atoms with E-state index in [1.54, 1.807) is 0 Å². The van der Waals surface area contributed by atoms with Crippen LogP contribution >= 0.6 is 55.1 Å². The number of urea groups is 1. The highest BCUT2D eigenvalue weighted by molar-refractivity contribution is 9.11. The first-order valence-electron chi connectivity index (χ1n) is 10.3. The molecular weight excluding hydrogens is 691 g/mol. The van der Waals surface area contributed by atoms with Crippen LogP contribution in [0.2, 0.25) is 10.0 Å². The maximum Gasteiger partial charge on any atom is 0.335 e. The van der Waals surface area contributed by atoms with Gasteiger partial charge < -0.3 is 4.74 Å². The number of ether oxygens (including phenoxy) is 1. The lowest BCUT2D eigenvalue weighted by molar-refractivity contribution is -0.394. The van der Waals surface area contributed by atoms with Crippen LogP contribution in [0.25, 0.3) is 6.08 Å². The van der Waals surface area contributed by atoms with Crippen LogP contribution in [-0.2, 0) is 9.59 Å². The summed E-state index contributed by atoms with van der Waals surface area (Å²) in [6, 6.07) is 8.90. The molecule has 0 aliphatic carbocycles. The van der Waals surface area contributed by atoms with Gasteiger partial charge in [-0.2, -0.15) is 0 Å². The van der Waals surface area contributed by atoms with Gasteiger partial charge in [0.05, 0.1) is 40.6 Å². The van der Waals surface area contributed by atoms with Crippen LogP contribution in [0.15, 0.2) is 63.0 Å². The molecule has 0 unspecified atom stereocenters. The van der Waals surface area contributed by atoms with E-state index in [0.717, 1.165) is 23.1 Å². The molecule has 4 rings (SSSR count). The molecular formula is C23H10Br2Cl2N4O8. The van der Waals surface area contributed by atoms with Crippen LogP contribution in [0.1, 0.15) is 5.56 Å². The summed E-state index contributed by atoms with van der Waals surface area (Å²) in [5.41, 5.74) is -1.11. The molecule has 0 spiro atoms. The van der Waals surface area contributed by atoms with Crippen molar-refractivity contribution in [3.8, 4) is 11.5 Å². The molecule has 1 aliphatic rings. The Hall–Kier alpha value is -3.85. The van der Waals surface area contributed by atoms with Gasteiger partial charge in [-0.25, -0.2) is 9.69 Å². The Morgan fingerprint density at radius 3 is 2.15 bits per heavy atom. The van der Waals surface area contributed by atoms with Crippen LogP contribution in [0.4, 0.5) is 21.9 Å². The Bertz CT molecular complexity index is 1620. The van der Waals surface area contributed by atoms with Crippen molar-refractivity contribution in [2.75, 3.05) is 4.90 Å². The molecule has 198 valence electrons. The molecule has 3 aromatic carbocycles. The zero-order chi connectivity index (χ0) is 28.6. The number of amides is 4. The van der Waals surface area contributed by atoms with E-state index in [0.29, 0.717) is 5.56 Å². The van der Waals surface area contributed by atoms with Gasteiger partial charge in [-0.15, -0.1) is 0 Å². The number of nitrogens with one attached hydrogen (secondary N) is 1. The highest BCUT2D eigenvalue weighted by atomic mass is 79.9. The van der Waals surface area contributed by atoms with Gasteiger partial charge in [0.25, 0.3) is 17.5 Å². The van der Waals surface area contributed by atoms with Crippen LogP contribution < -0.4 is 15.0 Å². The molecule has 12 nitrogen and oxygen atoms in total. The van der Waals surface area contributed by atoms with Gasteiger partial charge >= 0.3 is 11.7 Å². The third kappa shape index (κ3) is 5.78. The number of rotatable bonds is 6. The van der Waals surface area contributed by atoms with E-state index in [1.165, 1.54) is 36.4 Å². The Balaban J connectivity index is 1.69. The standard InChI is InChI=1S/C23H10Br2Cl2N4O8/c24-14-6-10(7-15(25)20(14)39-19-4-2-12(30(35)36)9-18(19)31(37)38)5-13-21(32)28-23(34)29(22(13)33)11-1-3-16(26)17(27)8-11/h1-9H,(H,28,32,34)/b13-5+. The average Bonchev–Trinajstić information content (AvgIpc) is 2.86. The topological polar surface area (TPSA) is 162 Å². The number of non-ortho nitro benzene ring substituents is 1. The number of nitro benzene ring substituents is 2. The van der Waals surface area contributed by atoms with E-state index >= 15 is 0 Å². The van der Waals surface area contributed by atoms with E-state index in [1.807, 2.05) is 0 Å². The molecule has 0 bridgehead atoms. The number of benzene rings is 3. The maximum absolute atomic E-state index is 13.1. The molecule has 1 fully saturated rings. The summed E-state index contributed by atoms with van der Waals surface area (Å²) in [6.07, 6.45) is 1.22. The molecule has 0 atom stereocenters. The Morgan fingerprint density at radius 2 is 1.56 bits per heavy atom. The van der Waals surface area contributed by atoms with Crippen LogP contribution in [-0.4, -0.2) is 27.7 Å². The molecule has 4 amide bonds. The zero-order valence-corrected chi connectivity index (χ0v) is 23.5. The molecule has 16 heteroatoms. The first-order valence-corrected chi connectivity index (χ1v) is 12.7. The van der Waals surface area contributed by atoms with Crippen molar-refractivity contribution in [1.29, 1.82) is 0 Å². The minimum Gasteiger partial charge on any atom is -0.448 e. The number of barbiturate groups is 1. The predicted molar refractivity (Wildman–Crippen MR) is 147 cm³/mol. The fraction of sp³-hybridized carbons (Fsp3) is 0. The second kappa shape index (κ2) is 11.1. The van der Waals surface area contributed by atoms with Gasteiger partial charge in [0.15, 0.2) is 5.75 Å². The number of hydrogen-bond donors (Lipinski definition) is 1. The van der Waals surface area contributed by atoms with Gasteiger partial charge in [0.2, 0.25) is 5.75 Å². The van der Waals surface area contributed by atoms with E-state index in [2.05, 4.69) is 37.2 Å². The number of nitro groups is 2. The molecule has 0 radical (unpaired) electrons. The lowest BCUT2D eigenvalue weighted by Gasteiger charge is -2.26. The number of imide groups is 2. The van der Waals surface area contributed by atoms with Crippen molar-refractivity contribution in [2.45, 2.75) is 0 Å². The van der Waals surface area contributed by atoms with E-state index in [9.17, 15) is 34.6 Å². The normalized spacial score (nSPS) is 14.4. The predicted octanol–water partition coefficient (Wildman–Crippen LogP) is 6.79. The summed E-state index contributed by atoms with van der Waals surface area (Å²) in [6.45, 7) is 0. The number of carbonyl (C=O) groups is 3. The monoisotopic (exact) mass is 698 g/mol. The fourth-order valence-electron chi connectivity index (χ4n) is 3.40. The molecule has 1 saturated heterocycles. The van der Waals surface area contributed by atoms with Crippen molar-refractivity contribution in [3.63, 3.8) is 0 Å². The molecule has 1 N–H and O–H groups in total. The van der Waals surface area contributed by atoms with Gasteiger partial charge in [0, 0.05) is 6.07 Å². The highest BCUT2D eigenvalue weighted by Crippen LogP contribution is 2.42. The van der Waals surface area contributed by atoms with Crippen LogP contribution in [0.5, 0.6) is 11.5 Å². The molecule has 39 heavy (non-hydrogen) atoms. The molecule has 1 aliphatic heterocycles. The van der Waals surface area contributed by atoms with Gasteiger partial charge in [-0.05, 0) is 79.9 Å². The second-order valence-corrected chi connectivity index (χ2v) is 10.2. The zero-order valence-electron chi connectivity index (χ0n) is 18.8. The van der Waals surface area contributed by atoms with Crippen molar-refractivity contribution < 1.29 is 29.0 Å². The van der Waals surface area contributed by atoms with Crippen LogP contribution in [0, 0.1) is 20.2 Å². The summed E-state index contributed by atoms with van der Waals surface area (Å²) >= 11 is 18.5. The number of carbonyl (C=O) groups excluding carboxylic acids is 3. The first kappa shape index (κ1) is 28.2. The number of nitrogens with zero attached hydrogens (tertiary/aromatic N) is 3. The summed E-state index contributed by atoms with van der Waals surface area (Å²) in [7, 11) is 0. The van der Waals surface area contributed by atoms with Crippen molar-refractivity contribution >= 4 is 96.0 Å². The van der Waals surface area contributed by atoms with Gasteiger partial charge in [-0.3, -0.25) is 35.1 Å². The van der Waals surface area contributed by atoms with Crippen molar-refractivity contribution in [1.82, 2.24) is 5.32 Å². The maximum atomic E-state index is 13.1. The van der Waals surface area contributed by atoms with E-state index in [-0.39, 0.29) is 41.8 Å². The van der Waals surface area contributed by atoms with Gasteiger partial charge in [0.1, 0.15) is 5.57 Å². The van der Waals surface area contributed by atoms with Crippen molar-refractivity contribution in [2.24, 2.45) is 0 Å². The quantitative estimate of drug-likeness (QED) is 0.127. The Kier molecular flexibility index (Phi) is 8.02. The van der Waals surface area contributed by atoms with Gasteiger partial charge in [-0.1, -0.05) is 23.2 Å². The summed E-state index contributed by atoms with van der Waals surface area (Å²) < 4.78 is 6.16. The Morgan fingerprint density at radius 1 is 0.897 bits per heavy atom.